The van der Waals surface area contributed by atoms with Gasteiger partial charge in [-0.05, 0) is 51.4 Å². The number of carbonyl (C=O) groups excluding carboxylic acids is 3. The van der Waals surface area contributed by atoms with Crippen molar-refractivity contribution >= 4 is 17.9 Å². The lowest BCUT2D eigenvalue weighted by molar-refractivity contribution is -0.166. The molecule has 1 unspecified atom stereocenters. The second-order valence-electron chi connectivity index (χ2n) is 13.5. The van der Waals surface area contributed by atoms with Crippen molar-refractivity contribution in [2.24, 2.45) is 0 Å². The summed E-state index contributed by atoms with van der Waals surface area (Å²) in [4.78, 5) is 37.4. The Balaban J connectivity index is 4.43. The summed E-state index contributed by atoms with van der Waals surface area (Å²) in [5, 5.41) is 0. The van der Waals surface area contributed by atoms with Crippen LogP contribution in [0.4, 0.5) is 0 Å². The summed E-state index contributed by atoms with van der Waals surface area (Å²) in [7, 11) is 0. The first-order valence-corrected chi connectivity index (χ1v) is 20.6. The van der Waals surface area contributed by atoms with Crippen molar-refractivity contribution in [3.8, 4) is 0 Å². The Kier molecular flexibility index (Phi) is 37.1. The molecule has 6 nitrogen and oxygen atoms in total. The Labute approximate surface area is 307 Å². The van der Waals surface area contributed by atoms with Gasteiger partial charge in [-0.2, -0.15) is 0 Å². The molecule has 0 fully saturated rings. The fourth-order valence-corrected chi connectivity index (χ4v) is 5.48. The number of unbranched alkanes of at least 4 members (excludes halogenated alkanes) is 18. The Hall–Kier alpha value is -2.63. The molecule has 0 saturated carbocycles. The molecule has 0 aromatic rings. The summed E-state index contributed by atoms with van der Waals surface area (Å²) in [5.41, 5.74) is 0. The molecule has 0 rings (SSSR count). The Morgan fingerprint density at radius 2 is 0.880 bits per heavy atom. The monoisotopic (exact) mass is 701 g/mol. The van der Waals surface area contributed by atoms with Crippen LogP contribution in [0.25, 0.3) is 0 Å². The lowest BCUT2D eigenvalue weighted by atomic mass is 10.0. The van der Waals surface area contributed by atoms with E-state index in [2.05, 4.69) is 57.2 Å². The summed E-state index contributed by atoms with van der Waals surface area (Å²) in [6.45, 7) is 6.34. The largest absolute Gasteiger partial charge is 0.462 e. The lowest BCUT2D eigenvalue weighted by Crippen LogP contribution is -2.30. The predicted molar refractivity (Wildman–Crippen MR) is 210 cm³/mol. The zero-order valence-electron chi connectivity index (χ0n) is 32.7. The van der Waals surface area contributed by atoms with Gasteiger partial charge in [-0.15, -0.1) is 0 Å². The Bertz CT molecular complexity index is 902. The number of esters is 3. The third-order valence-corrected chi connectivity index (χ3v) is 8.60. The number of hydrogen-bond donors (Lipinski definition) is 0. The van der Waals surface area contributed by atoms with E-state index in [4.69, 9.17) is 14.2 Å². The molecular weight excluding hydrogens is 624 g/mol. The highest BCUT2D eigenvalue weighted by molar-refractivity contribution is 5.72. The first-order valence-electron chi connectivity index (χ1n) is 20.6. The molecule has 0 aromatic heterocycles. The number of hydrogen-bond acceptors (Lipinski definition) is 6. The van der Waals surface area contributed by atoms with Crippen molar-refractivity contribution in [1.29, 1.82) is 0 Å². The molecule has 0 amide bonds. The molecule has 50 heavy (non-hydrogen) atoms. The minimum absolute atomic E-state index is 0.103. The van der Waals surface area contributed by atoms with Crippen LogP contribution < -0.4 is 0 Å². The van der Waals surface area contributed by atoms with E-state index in [-0.39, 0.29) is 31.6 Å². The molecule has 0 aliphatic heterocycles. The maximum absolute atomic E-state index is 12.6. The van der Waals surface area contributed by atoms with Gasteiger partial charge in [0.25, 0.3) is 0 Å². The van der Waals surface area contributed by atoms with Gasteiger partial charge in [0.1, 0.15) is 13.2 Å². The van der Waals surface area contributed by atoms with Gasteiger partial charge in [0, 0.05) is 12.8 Å². The van der Waals surface area contributed by atoms with Crippen LogP contribution in [0.1, 0.15) is 194 Å². The summed E-state index contributed by atoms with van der Waals surface area (Å²) in [6, 6.07) is 0. The summed E-state index contributed by atoms with van der Waals surface area (Å²) in [5.74, 6) is -1.05. The van der Waals surface area contributed by atoms with E-state index in [1.54, 1.807) is 6.08 Å². The van der Waals surface area contributed by atoms with Crippen molar-refractivity contribution < 1.29 is 28.6 Å². The lowest BCUT2D eigenvalue weighted by Gasteiger charge is -2.18. The van der Waals surface area contributed by atoms with E-state index in [9.17, 15) is 14.4 Å². The third kappa shape index (κ3) is 36.6. The number of allylic oxidation sites excluding steroid dienone is 7. The van der Waals surface area contributed by atoms with E-state index < -0.39 is 12.1 Å². The highest BCUT2D eigenvalue weighted by Gasteiger charge is 2.19. The average Bonchev–Trinajstić information content (AvgIpc) is 3.11. The molecule has 0 heterocycles. The third-order valence-electron chi connectivity index (χ3n) is 8.60. The van der Waals surface area contributed by atoms with Gasteiger partial charge < -0.3 is 14.2 Å². The van der Waals surface area contributed by atoms with Gasteiger partial charge >= 0.3 is 17.9 Å². The van der Waals surface area contributed by atoms with E-state index >= 15 is 0 Å². The number of rotatable bonds is 36. The maximum atomic E-state index is 12.6. The van der Waals surface area contributed by atoms with Crippen LogP contribution in [0.5, 0.6) is 0 Å². The van der Waals surface area contributed by atoms with E-state index in [0.717, 1.165) is 77.0 Å². The second-order valence-corrected chi connectivity index (χ2v) is 13.5. The number of carbonyl (C=O) groups is 3. The van der Waals surface area contributed by atoms with Crippen LogP contribution in [0.15, 0.2) is 48.6 Å². The standard InChI is InChI=1S/C44H76O6/c1-4-7-10-13-16-19-21-22-23-26-28-31-34-37-43(46)49-40-41(39-48-42(45)36-33-30-27-24-18-15-12-9-6-3)50-44(47)38-35-32-29-25-20-17-14-11-8-5-2/h9,12,14,17-18,24,30,33,41H,4-8,10-11,13,15-16,19-23,25-29,31-32,34-40H2,1-3H3/b12-9-,17-14-,24-18-,33-30-. The maximum Gasteiger partial charge on any atom is 0.309 e. The topological polar surface area (TPSA) is 78.9 Å². The van der Waals surface area contributed by atoms with Gasteiger partial charge in [-0.1, -0.05) is 172 Å². The van der Waals surface area contributed by atoms with Crippen LogP contribution in [0.3, 0.4) is 0 Å². The Morgan fingerprint density at radius 3 is 1.44 bits per heavy atom. The Morgan fingerprint density at radius 1 is 0.440 bits per heavy atom. The SMILES string of the molecule is CC/C=C\C/C=C\C/C=C\CC(=O)OCC(COC(=O)CCCCCCCCCCCCCCC)OC(=O)CCCCCC/C=C\CCCC. The van der Waals surface area contributed by atoms with Crippen molar-refractivity contribution in [2.75, 3.05) is 13.2 Å². The smallest absolute Gasteiger partial charge is 0.309 e. The van der Waals surface area contributed by atoms with Gasteiger partial charge in [0.2, 0.25) is 0 Å². The molecule has 6 heteroatoms. The highest BCUT2D eigenvalue weighted by atomic mass is 16.6. The zero-order chi connectivity index (χ0) is 36.6. The van der Waals surface area contributed by atoms with Crippen molar-refractivity contribution in [2.45, 2.75) is 200 Å². The molecule has 1 atom stereocenters. The molecule has 0 aliphatic rings. The van der Waals surface area contributed by atoms with Crippen LogP contribution in [0.2, 0.25) is 0 Å². The molecule has 0 N–H and O–H groups in total. The molecule has 288 valence electrons. The first kappa shape index (κ1) is 47.4. The van der Waals surface area contributed by atoms with Gasteiger partial charge in [0.15, 0.2) is 6.10 Å². The molecule has 0 spiro atoms. The fourth-order valence-electron chi connectivity index (χ4n) is 5.48. The number of ether oxygens (including phenoxy) is 3. The van der Waals surface area contributed by atoms with E-state index in [1.165, 1.54) is 77.0 Å². The van der Waals surface area contributed by atoms with Gasteiger partial charge in [0.05, 0.1) is 6.42 Å². The second kappa shape index (κ2) is 39.2. The van der Waals surface area contributed by atoms with E-state index in [0.29, 0.717) is 12.8 Å². The summed E-state index contributed by atoms with van der Waals surface area (Å²) in [6.07, 6.45) is 44.1. The van der Waals surface area contributed by atoms with Crippen molar-refractivity contribution in [3.63, 3.8) is 0 Å². The van der Waals surface area contributed by atoms with Gasteiger partial charge in [-0.25, -0.2) is 0 Å². The van der Waals surface area contributed by atoms with Gasteiger partial charge in [-0.3, -0.25) is 14.4 Å². The molecule has 0 radical (unpaired) electrons. The van der Waals surface area contributed by atoms with Crippen molar-refractivity contribution in [3.05, 3.63) is 48.6 Å². The molecule has 0 saturated heterocycles. The average molecular weight is 701 g/mol. The predicted octanol–water partition coefficient (Wildman–Crippen LogP) is 12.8. The van der Waals surface area contributed by atoms with E-state index in [1.807, 2.05) is 6.08 Å². The molecule has 0 aliphatic carbocycles. The summed E-state index contributed by atoms with van der Waals surface area (Å²) >= 11 is 0. The molecular formula is C44H76O6. The van der Waals surface area contributed by atoms with Crippen LogP contribution in [-0.2, 0) is 28.6 Å². The minimum Gasteiger partial charge on any atom is -0.462 e. The molecule has 0 aromatic carbocycles. The fraction of sp³-hybridized carbons (Fsp3) is 0.750. The minimum atomic E-state index is -0.807. The summed E-state index contributed by atoms with van der Waals surface area (Å²) < 4.78 is 16.5. The molecule has 0 bridgehead atoms. The first-order chi connectivity index (χ1) is 24.5. The van der Waals surface area contributed by atoms with Crippen LogP contribution in [-0.4, -0.2) is 37.2 Å². The van der Waals surface area contributed by atoms with Crippen molar-refractivity contribution in [1.82, 2.24) is 0 Å². The quantitative estimate of drug-likeness (QED) is 0.0280. The normalized spacial score (nSPS) is 12.5. The van der Waals surface area contributed by atoms with Crippen LogP contribution in [0, 0.1) is 0 Å². The van der Waals surface area contributed by atoms with Crippen LogP contribution >= 0.6 is 0 Å². The highest BCUT2D eigenvalue weighted by Crippen LogP contribution is 2.14. The zero-order valence-corrected chi connectivity index (χ0v) is 32.7.